The molecule has 1 heterocycles. The maximum absolute atomic E-state index is 11.7. The Bertz CT molecular complexity index is 429. The molecular formula is C13H19N3O. The summed E-state index contributed by atoms with van der Waals surface area (Å²) in [5.74, 6) is 0. The molecule has 0 aromatic heterocycles. The van der Waals surface area contributed by atoms with Gasteiger partial charge in [0.1, 0.15) is 0 Å². The van der Waals surface area contributed by atoms with Crippen molar-refractivity contribution in [1.82, 2.24) is 4.90 Å². The molecule has 0 spiro atoms. The van der Waals surface area contributed by atoms with Crippen LogP contribution in [0.3, 0.4) is 0 Å². The molecule has 1 aromatic rings. The van der Waals surface area contributed by atoms with E-state index in [1.165, 1.54) is 10.5 Å². The molecule has 2 N–H and O–H groups in total. The molecule has 1 aliphatic heterocycles. The largest absolute Gasteiger partial charge is 0.381 e. The molecule has 0 radical (unpaired) electrons. The van der Waals surface area contributed by atoms with E-state index in [1.54, 1.807) is 14.1 Å². The lowest BCUT2D eigenvalue weighted by atomic mass is 9.98. The predicted octanol–water partition coefficient (Wildman–Crippen LogP) is 2.53. The average Bonchev–Trinajstić information content (AvgIpc) is 2.29. The van der Waals surface area contributed by atoms with Crippen molar-refractivity contribution in [3.63, 3.8) is 0 Å². The van der Waals surface area contributed by atoms with Crippen LogP contribution < -0.4 is 10.6 Å². The number of hydrogen-bond donors (Lipinski definition) is 2. The number of para-hydroxylation sites is 1. The van der Waals surface area contributed by atoms with Gasteiger partial charge in [-0.15, -0.1) is 0 Å². The number of fused-ring (bicyclic) bond motifs is 1. The van der Waals surface area contributed by atoms with Crippen LogP contribution >= 0.6 is 0 Å². The fourth-order valence-electron chi connectivity index (χ4n) is 2.00. The summed E-state index contributed by atoms with van der Waals surface area (Å²) in [5.41, 5.74) is 3.22. The number of benzene rings is 1. The fourth-order valence-corrected chi connectivity index (χ4v) is 2.00. The highest BCUT2D eigenvalue weighted by Gasteiger charge is 2.18. The molecule has 92 valence electrons. The van der Waals surface area contributed by atoms with Crippen LogP contribution in [0.2, 0.25) is 0 Å². The fraction of sp³-hybridized carbons (Fsp3) is 0.462. The normalized spacial score (nSPS) is 17.9. The second kappa shape index (κ2) is 4.65. The summed E-state index contributed by atoms with van der Waals surface area (Å²) >= 11 is 0. The Balaban J connectivity index is 2.26. The van der Waals surface area contributed by atoms with Gasteiger partial charge < -0.3 is 15.5 Å². The molecule has 4 nitrogen and oxygen atoms in total. The van der Waals surface area contributed by atoms with Gasteiger partial charge in [-0.1, -0.05) is 12.1 Å². The van der Waals surface area contributed by atoms with Crippen molar-refractivity contribution in [3.05, 3.63) is 23.8 Å². The second-order valence-electron chi connectivity index (χ2n) is 4.75. The molecule has 0 fully saturated rings. The molecule has 0 saturated heterocycles. The van der Waals surface area contributed by atoms with E-state index in [2.05, 4.69) is 23.6 Å². The maximum Gasteiger partial charge on any atom is 0.321 e. The Labute approximate surface area is 102 Å². The van der Waals surface area contributed by atoms with E-state index >= 15 is 0 Å². The predicted molar refractivity (Wildman–Crippen MR) is 70.6 cm³/mol. The minimum absolute atomic E-state index is 0.0987. The Morgan fingerprint density at radius 3 is 2.94 bits per heavy atom. The lowest BCUT2D eigenvalue weighted by Crippen LogP contribution is -2.29. The van der Waals surface area contributed by atoms with Crippen LogP contribution in [0.5, 0.6) is 0 Å². The van der Waals surface area contributed by atoms with Crippen molar-refractivity contribution >= 4 is 17.4 Å². The zero-order valence-electron chi connectivity index (χ0n) is 10.6. The summed E-state index contributed by atoms with van der Waals surface area (Å²) in [6.07, 6.45) is 2.20. The summed E-state index contributed by atoms with van der Waals surface area (Å²) < 4.78 is 0. The van der Waals surface area contributed by atoms with Gasteiger partial charge in [0.25, 0.3) is 0 Å². The van der Waals surface area contributed by atoms with Crippen molar-refractivity contribution in [2.45, 2.75) is 25.8 Å². The van der Waals surface area contributed by atoms with E-state index < -0.39 is 0 Å². The number of amides is 2. The van der Waals surface area contributed by atoms with E-state index in [4.69, 9.17) is 0 Å². The number of nitrogens with one attached hydrogen (secondary N) is 2. The minimum atomic E-state index is -0.0987. The van der Waals surface area contributed by atoms with Gasteiger partial charge >= 0.3 is 6.03 Å². The molecule has 0 bridgehead atoms. The number of carbonyl (C=O) groups is 1. The molecular weight excluding hydrogens is 214 g/mol. The first kappa shape index (κ1) is 11.8. The number of carbonyl (C=O) groups excluding carboxylic acids is 1. The topological polar surface area (TPSA) is 44.4 Å². The Hall–Kier alpha value is -1.71. The quantitative estimate of drug-likeness (QED) is 0.783. The first-order valence-corrected chi connectivity index (χ1v) is 5.94. The van der Waals surface area contributed by atoms with Crippen LogP contribution in [0.4, 0.5) is 16.2 Å². The molecule has 2 rings (SSSR count). The molecule has 0 aliphatic carbocycles. The number of aryl methyl sites for hydroxylation is 1. The van der Waals surface area contributed by atoms with E-state index in [0.29, 0.717) is 6.04 Å². The summed E-state index contributed by atoms with van der Waals surface area (Å²) in [7, 11) is 3.47. The smallest absolute Gasteiger partial charge is 0.321 e. The second-order valence-corrected chi connectivity index (χ2v) is 4.75. The van der Waals surface area contributed by atoms with Crippen molar-refractivity contribution in [2.75, 3.05) is 24.7 Å². The van der Waals surface area contributed by atoms with Gasteiger partial charge in [0.15, 0.2) is 0 Å². The van der Waals surface area contributed by atoms with Gasteiger partial charge in [-0.2, -0.15) is 0 Å². The number of urea groups is 1. The molecule has 1 atom stereocenters. The third-order valence-corrected chi connectivity index (χ3v) is 3.04. The summed E-state index contributed by atoms with van der Waals surface area (Å²) in [5, 5.41) is 6.35. The highest BCUT2D eigenvalue weighted by molar-refractivity contribution is 5.93. The first-order valence-electron chi connectivity index (χ1n) is 5.94. The SMILES string of the molecule is CC1CCc2cccc(NC(=O)N(C)C)c2N1. The molecule has 1 unspecified atom stereocenters. The number of hydrogen-bond acceptors (Lipinski definition) is 2. The Morgan fingerprint density at radius 2 is 2.24 bits per heavy atom. The lowest BCUT2D eigenvalue weighted by Gasteiger charge is -2.27. The van der Waals surface area contributed by atoms with E-state index in [-0.39, 0.29) is 6.03 Å². The number of anilines is 2. The zero-order chi connectivity index (χ0) is 12.4. The maximum atomic E-state index is 11.7. The van der Waals surface area contributed by atoms with Crippen LogP contribution in [-0.2, 0) is 6.42 Å². The van der Waals surface area contributed by atoms with Crippen LogP contribution in [0.1, 0.15) is 18.9 Å². The van der Waals surface area contributed by atoms with Crippen molar-refractivity contribution in [2.24, 2.45) is 0 Å². The third kappa shape index (κ3) is 2.52. The molecule has 2 amide bonds. The molecule has 1 aromatic carbocycles. The van der Waals surface area contributed by atoms with Gasteiger partial charge in [0.05, 0.1) is 11.4 Å². The van der Waals surface area contributed by atoms with E-state index in [0.717, 1.165) is 24.2 Å². The van der Waals surface area contributed by atoms with Crippen LogP contribution in [-0.4, -0.2) is 31.1 Å². The molecule has 0 saturated carbocycles. The molecule has 1 aliphatic rings. The average molecular weight is 233 g/mol. The highest BCUT2D eigenvalue weighted by atomic mass is 16.2. The summed E-state index contributed by atoms with van der Waals surface area (Å²) in [6, 6.07) is 6.39. The van der Waals surface area contributed by atoms with E-state index in [1.807, 2.05) is 12.1 Å². The van der Waals surface area contributed by atoms with Gasteiger partial charge in [0.2, 0.25) is 0 Å². The molecule has 4 heteroatoms. The summed E-state index contributed by atoms with van der Waals surface area (Å²) in [6.45, 7) is 2.16. The Kier molecular flexibility index (Phi) is 3.22. The van der Waals surface area contributed by atoms with Gasteiger partial charge in [-0.25, -0.2) is 4.79 Å². The van der Waals surface area contributed by atoms with Gasteiger partial charge in [0, 0.05) is 20.1 Å². The lowest BCUT2D eigenvalue weighted by molar-refractivity contribution is 0.230. The number of rotatable bonds is 1. The molecule has 17 heavy (non-hydrogen) atoms. The standard InChI is InChI=1S/C13H19N3O/c1-9-7-8-10-5-4-6-11(12(10)14-9)15-13(17)16(2)3/h4-6,9,14H,7-8H2,1-3H3,(H,15,17). The highest BCUT2D eigenvalue weighted by Crippen LogP contribution is 2.32. The van der Waals surface area contributed by atoms with Crippen LogP contribution in [0, 0.1) is 0 Å². The Morgan fingerprint density at radius 1 is 1.47 bits per heavy atom. The van der Waals surface area contributed by atoms with Gasteiger partial charge in [-0.05, 0) is 31.4 Å². The van der Waals surface area contributed by atoms with Crippen molar-refractivity contribution in [3.8, 4) is 0 Å². The summed E-state index contributed by atoms with van der Waals surface area (Å²) in [4.78, 5) is 13.2. The number of nitrogens with zero attached hydrogens (tertiary/aromatic N) is 1. The monoisotopic (exact) mass is 233 g/mol. The first-order chi connectivity index (χ1) is 8.08. The van der Waals surface area contributed by atoms with Gasteiger partial charge in [-0.3, -0.25) is 0 Å². The van der Waals surface area contributed by atoms with Crippen molar-refractivity contribution < 1.29 is 4.79 Å². The van der Waals surface area contributed by atoms with Crippen molar-refractivity contribution in [1.29, 1.82) is 0 Å². The van der Waals surface area contributed by atoms with Crippen LogP contribution in [0.15, 0.2) is 18.2 Å². The van der Waals surface area contributed by atoms with Crippen LogP contribution in [0.25, 0.3) is 0 Å². The third-order valence-electron chi connectivity index (χ3n) is 3.04. The zero-order valence-corrected chi connectivity index (χ0v) is 10.6. The van der Waals surface area contributed by atoms with E-state index in [9.17, 15) is 4.79 Å². The minimum Gasteiger partial charge on any atom is -0.381 e.